The zero-order valence-corrected chi connectivity index (χ0v) is 13.4. The predicted molar refractivity (Wildman–Crippen MR) is 93.5 cm³/mol. The fourth-order valence-electron chi connectivity index (χ4n) is 4.01. The van der Waals surface area contributed by atoms with E-state index in [0.29, 0.717) is 6.04 Å². The molecule has 112 valence electrons. The molecule has 1 aromatic carbocycles. The van der Waals surface area contributed by atoms with Crippen molar-refractivity contribution in [3.05, 3.63) is 77.0 Å². The Morgan fingerprint density at radius 2 is 1.95 bits per heavy atom. The van der Waals surface area contributed by atoms with Crippen LogP contribution in [0, 0.1) is 0 Å². The number of hydrogen-bond donors (Lipinski definition) is 1. The van der Waals surface area contributed by atoms with E-state index in [2.05, 4.69) is 73.8 Å². The number of fused-ring (bicyclic) bond motifs is 2. The molecule has 0 spiro atoms. The van der Waals surface area contributed by atoms with Gasteiger partial charge in [-0.2, -0.15) is 0 Å². The molecule has 0 aliphatic heterocycles. The molecule has 22 heavy (non-hydrogen) atoms. The van der Waals surface area contributed by atoms with Gasteiger partial charge in [-0.1, -0.05) is 62.4 Å². The second-order valence-corrected chi connectivity index (χ2v) is 7.02. The Morgan fingerprint density at radius 3 is 2.77 bits per heavy atom. The molecule has 1 unspecified atom stereocenters. The highest BCUT2D eigenvalue weighted by atomic mass is 14.9. The summed E-state index contributed by atoms with van der Waals surface area (Å²) in [6, 6.07) is 9.28. The molecule has 3 aliphatic carbocycles. The normalized spacial score (nSPS) is 24.8. The molecule has 0 radical (unpaired) electrons. The first-order valence-electron chi connectivity index (χ1n) is 8.31. The van der Waals surface area contributed by atoms with Crippen LogP contribution in [-0.4, -0.2) is 6.04 Å². The zero-order chi connectivity index (χ0) is 15.2. The lowest BCUT2D eigenvalue weighted by Crippen LogP contribution is -2.31. The van der Waals surface area contributed by atoms with Gasteiger partial charge in [-0.3, -0.25) is 0 Å². The number of allylic oxidation sites excluding steroid dienone is 5. The van der Waals surface area contributed by atoms with Gasteiger partial charge in [0.1, 0.15) is 0 Å². The first kappa shape index (κ1) is 13.6. The van der Waals surface area contributed by atoms with Gasteiger partial charge in [0.15, 0.2) is 0 Å². The van der Waals surface area contributed by atoms with Crippen LogP contribution in [0.4, 0.5) is 0 Å². The maximum absolute atomic E-state index is 3.69. The van der Waals surface area contributed by atoms with Gasteiger partial charge in [0.2, 0.25) is 0 Å². The molecular weight excluding hydrogens is 266 g/mol. The van der Waals surface area contributed by atoms with E-state index in [1.54, 1.807) is 5.57 Å². The van der Waals surface area contributed by atoms with E-state index in [4.69, 9.17) is 0 Å². The van der Waals surface area contributed by atoms with Crippen molar-refractivity contribution in [3.8, 4) is 0 Å². The lowest BCUT2D eigenvalue weighted by atomic mass is 9.77. The van der Waals surface area contributed by atoms with E-state index in [9.17, 15) is 0 Å². The van der Waals surface area contributed by atoms with Crippen molar-refractivity contribution in [2.24, 2.45) is 0 Å². The van der Waals surface area contributed by atoms with Gasteiger partial charge in [0, 0.05) is 17.2 Å². The summed E-state index contributed by atoms with van der Waals surface area (Å²) in [7, 11) is 0. The minimum absolute atomic E-state index is 0.146. The number of hydrogen-bond acceptors (Lipinski definition) is 1. The van der Waals surface area contributed by atoms with Crippen molar-refractivity contribution in [3.63, 3.8) is 0 Å². The van der Waals surface area contributed by atoms with Gasteiger partial charge >= 0.3 is 0 Å². The fourth-order valence-corrected chi connectivity index (χ4v) is 4.01. The van der Waals surface area contributed by atoms with E-state index in [-0.39, 0.29) is 5.41 Å². The van der Waals surface area contributed by atoms with Crippen molar-refractivity contribution in [1.29, 1.82) is 0 Å². The monoisotopic (exact) mass is 289 g/mol. The topological polar surface area (TPSA) is 12.0 Å². The standard InChI is InChI=1S/C21H23N/c1-21(2)19-11-7-6-10-17(19)18-13-12-16(14-20(18)21)22-15-8-4-3-5-9-15/h4,6-13,16,22H,3,5,14H2,1-2H3. The Kier molecular flexibility index (Phi) is 3.11. The molecule has 0 amide bonds. The third-order valence-electron chi connectivity index (χ3n) is 5.24. The molecule has 1 nitrogen and oxygen atoms in total. The van der Waals surface area contributed by atoms with E-state index in [1.807, 2.05) is 0 Å². The molecule has 1 heteroatoms. The summed E-state index contributed by atoms with van der Waals surface area (Å²) in [4.78, 5) is 0. The Bertz CT molecular complexity index is 728. The average Bonchev–Trinajstić information content (AvgIpc) is 2.77. The SMILES string of the molecule is CC1(C)C2=C(C=CC(NC3=CCCC=C3)C2)c2ccccc21. The summed E-state index contributed by atoms with van der Waals surface area (Å²) in [5.41, 5.74) is 7.35. The Balaban J connectivity index is 1.62. The second kappa shape index (κ2) is 5.01. The lowest BCUT2D eigenvalue weighted by molar-refractivity contribution is 0.561. The molecule has 3 aliphatic rings. The molecule has 0 fully saturated rings. The first-order valence-corrected chi connectivity index (χ1v) is 8.31. The highest BCUT2D eigenvalue weighted by molar-refractivity contribution is 5.86. The van der Waals surface area contributed by atoms with Gasteiger partial charge in [-0.25, -0.2) is 0 Å². The molecule has 0 saturated carbocycles. The van der Waals surface area contributed by atoms with Crippen molar-refractivity contribution in [2.45, 2.75) is 44.6 Å². The average molecular weight is 289 g/mol. The zero-order valence-electron chi connectivity index (χ0n) is 13.4. The summed E-state index contributed by atoms with van der Waals surface area (Å²) < 4.78 is 0. The van der Waals surface area contributed by atoms with Crippen LogP contribution in [0.2, 0.25) is 0 Å². The van der Waals surface area contributed by atoms with Crippen LogP contribution in [-0.2, 0) is 5.41 Å². The molecule has 4 rings (SSSR count). The highest BCUT2D eigenvalue weighted by Crippen LogP contribution is 2.49. The summed E-state index contributed by atoms with van der Waals surface area (Å²) in [5, 5.41) is 3.69. The van der Waals surface area contributed by atoms with Crippen LogP contribution in [0.1, 0.15) is 44.2 Å². The Morgan fingerprint density at radius 1 is 1.09 bits per heavy atom. The molecular formula is C21H23N. The van der Waals surface area contributed by atoms with E-state index in [1.165, 1.54) is 28.8 Å². The summed E-state index contributed by atoms with van der Waals surface area (Å²) >= 11 is 0. The van der Waals surface area contributed by atoms with Crippen molar-refractivity contribution >= 4 is 5.57 Å². The van der Waals surface area contributed by atoms with E-state index >= 15 is 0 Å². The molecule has 0 bridgehead atoms. The molecule has 1 atom stereocenters. The van der Waals surface area contributed by atoms with Crippen LogP contribution in [0.3, 0.4) is 0 Å². The third kappa shape index (κ3) is 2.08. The number of benzene rings is 1. The van der Waals surface area contributed by atoms with E-state index < -0.39 is 0 Å². The first-order chi connectivity index (χ1) is 10.7. The van der Waals surface area contributed by atoms with Crippen LogP contribution in [0.5, 0.6) is 0 Å². The largest absolute Gasteiger partial charge is 0.379 e. The Hall–Kier alpha value is -2.02. The predicted octanol–water partition coefficient (Wildman–Crippen LogP) is 4.88. The van der Waals surface area contributed by atoms with Gasteiger partial charge in [0.25, 0.3) is 0 Å². The molecule has 0 saturated heterocycles. The minimum Gasteiger partial charge on any atom is -0.379 e. The van der Waals surface area contributed by atoms with Gasteiger partial charge in [-0.05, 0) is 47.6 Å². The number of rotatable bonds is 2. The second-order valence-electron chi connectivity index (χ2n) is 7.02. The summed E-state index contributed by atoms with van der Waals surface area (Å²) in [5.74, 6) is 0. The quantitative estimate of drug-likeness (QED) is 0.818. The van der Waals surface area contributed by atoms with Crippen molar-refractivity contribution < 1.29 is 0 Å². The van der Waals surface area contributed by atoms with Gasteiger partial charge in [-0.15, -0.1) is 0 Å². The lowest BCUT2D eigenvalue weighted by Gasteiger charge is -2.30. The van der Waals surface area contributed by atoms with Crippen LogP contribution < -0.4 is 5.32 Å². The van der Waals surface area contributed by atoms with Gasteiger partial charge < -0.3 is 5.32 Å². The van der Waals surface area contributed by atoms with Crippen molar-refractivity contribution in [2.75, 3.05) is 0 Å². The molecule has 1 aromatic rings. The van der Waals surface area contributed by atoms with Crippen LogP contribution in [0.15, 0.2) is 65.9 Å². The van der Waals surface area contributed by atoms with Gasteiger partial charge in [0.05, 0.1) is 0 Å². The molecule has 0 aromatic heterocycles. The van der Waals surface area contributed by atoms with Crippen LogP contribution in [0.25, 0.3) is 5.57 Å². The van der Waals surface area contributed by atoms with E-state index in [0.717, 1.165) is 12.8 Å². The Labute approximate surface area is 133 Å². The maximum atomic E-state index is 3.69. The minimum atomic E-state index is 0.146. The summed E-state index contributed by atoms with van der Waals surface area (Å²) in [6.07, 6.45) is 14.9. The molecule has 1 N–H and O–H groups in total. The molecule has 0 heterocycles. The highest BCUT2D eigenvalue weighted by Gasteiger charge is 2.38. The number of nitrogens with one attached hydrogen (secondary N) is 1. The fraction of sp³-hybridized carbons (Fsp3) is 0.333. The summed E-state index contributed by atoms with van der Waals surface area (Å²) in [6.45, 7) is 4.73. The smallest absolute Gasteiger partial charge is 0.0485 e. The van der Waals surface area contributed by atoms with Crippen molar-refractivity contribution in [1.82, 2.24) is 5.32 Å². The third-order valence-corrected chi connectivity index (χ3v) is 5.24. The van der Waals surface area contributed by atoms with Crippen LogP contribution >= 0.6 is 0 Å². The maximum Gasteiger partial charge on any atom is 0.0485 e.